The van der Waals surface area contributed by atoms with Crippen LogP contribution in [0.1, 0.15) is 21.1 Å². The lowest BCUT2D eigenvalue weighted by Gasteiger charge is -1.98. The van der Waals surface area contributed by atoms with Crippen LogP contribution in [0.15, 0.2) is 18.3 Å². The number of carboxylic acids is 1. The summed E-state index contributed by atoms with van der Waals surface area (Å²) >= 11 is 0. The molecule has 2 aromatic heterocycles. The third-order valence-electron chi connectivity index (χ3n) is 2.20. The molecule has 0 fully saturated rings. The van der Waals surface area contributed by atoms with Crippen LogP contribution >= 0.6 is 0 Å². The predicted octanol–water partition coefficient (Wildman–Crippen LogP) is 0.525. The number of hydrogen-bond acceptors (Lipinski definition) is 5. The number of carbonyl (C=O) groups excluding carboxylic acids is 1. The Labute approximate surface area is 94.9 Å². The summed E-state index contributed by atoms with van der Waals surface area (Å²) < 4.78 is 5.68. The highest BCUT2D eigenvalue weighted by Gasteiger charge is 2.21. The highest BCUT2D eigenvalue weighted by atomic mass is 16.5. The number of pyridine rings is 1. The molecule has 0 atom stereocenters. The lowest BCUT2D eigenvalue weighted by Crippen LogP contribution is -2.04. The number of rotatable bonds is 2. The first-order valence-electron chi connectivity index (χ1n) is 4.57. The highest BCUT2D eigenvalue weighted by Crippen LogP contribution is 2.19. The van der Waals surface area contributed by atoms with Crippen molar-refractivity contribution in [2.75, 3.05) is 7.11 Å². The summed E-state index contributed by atoms with van der Waals surface area (Å²) in [4.78, 5) is 26.0. The Bertz CT molecular complexity index is 616. The Kier molecular flexibility index (Phi) is 2.43. The molecule has 0 aliphatic heterocycles. The Morgan fingerprint density at radius 2 is 2.18 bits per heavy atom. The molecule has 0 saturated heterocycles. The zero-order valence-corrected chi connectivity index (χ0v) is 8.75. The molecular formula is C10H8N2O5. The topological polar surface area (TPSA) is 101 Å². The SMILES string of the molecule is COC(=O)c1nc(C(=O)O)n2ccc(O)cc12. The number of aromatic carboxylic acids is 1. The van der Waals surface area contributed by atoms with E-state index < -0.39 is 11.9 Å². The van der Waals surface area contributed by atoms with Gasteiger partial charge in [0.05, 0.1) is 12.6 Å². The van der Waals surface area contributed by atoms with Crippen LogP contribution in [0.5, 0.6) is 5.75 Å². The van der Waals surface area contributed by atoms with Gasteiger partial charge in [-0.3, -0.25) is 4.40 Å². The molecule has 17 heavy (non-hydrogen) atoms. The van der Waals surface area contributed by atoms with E-state index in [1.54, 1.807) is 0 Å². The van der Waals surface area contributed by atoms with Crippen molar-refractivity contribution in [1.29, 1.82) is 0 Å². The lowest BCUT2D eigenvalue weighted by molar-refractivity contribution is 0.0597. The fourth-order valence-electron chi connectivity index (χ4n) is 1.47. The van der Waals surface area contributed by atoms with Crippen LogP contribution in [0, 0.1) is 0 Å². The van der Waals surface area contributed by atoms with Crippen molar-refractivity contribution in [2.45, 2.75) is 0 Å². The summed E-state index contributed by atoms with van der Waals surface area (Å²) in [6.07, 6.45) is 1.31. The minimum Gasteiger partial charge on any atom is -0.508 e. The van der Waals surface area contributed by atoms with E-state index in [2.05, 4.69) is 9.72 Å². The first-order chi connectivity index (χ1) is 8.04. The van der Waals surface area contributed by atoms with Gasteiger partial charge in [0.2, 0.25) is 5.82 Å². The summed E-state index contributed by atoms with van der Waals surface area (Å²) in [6, 6.07) is 2.54. The van der Waals surface area contributed by atoms with Crippen LogP contribution in [0.3, 0.4) is 0 Å². The van der Waals surface area contributed by atoms with Gasteiger partial charge in [0.25, 0.3) is 0 Å². The van der Waals surface area contributed by atoms with Gasteiger partial charge in [-0.15, -0.1) is 0 Å². The maximum absolute atomic E-state index is 11.4. The number of imidazole rings is 1. The molecule has 0 bridgehead atoms. The fourth-order valence-corrected chi connectivity index (χ4v) is 1.47. The van der Waals surface area contributed by atoms with Crippen LogP contribution in [-0.4, -0.2) is 38.6 Å². The number of hydrogen-bond donors (Lipinski definition) is 2. The largest absolute Gasteiger partial charge is 0.508 e. The number of nitrogens with zero attached hydrogens (tertiary/aromatic N) is 2. The second kappa shape index (κ2) is 3.78. The van der Waals surface area contributed by atoms with Gasteiger partial charge in [-0.2, -0.15) is 0 Å². The minimum absolute atomic E-state index is 0.0977. The standard InChI is InChI=1S/C10H8N2O5/c1-17-10(16)7-6-4-5(13)2-3-12(6)8(11-7)9(14)15/h2-4,13H,1H3,(H,14,15). The Hall–Kier alpha value is -2.57. The predicted molar refractivity (Wildman–Crippen MR) is 55.2 cm³/mol. The second-order valence-corrected chi connectivity index (χ2v) is 3.22. The summed E-state index contributed by atoms with van der Waals surface area (Å²) in [5, 5.41) is 18.2. The maximum Gasteiger partial charge on any atom is 0.372 e. The van der Waals surface area contributed by atoms with Crippen molar-refractivity contribution in [3.05, 3.63) is 29.8 Å². The van der Waals surface area contributed by atoms with E-state index in [4.69, 9.17) is 5.11 Å². The first-order valence-corrected chi connectivity index (χ1v) is 4.57. The summed E-state index contributed by atoms with van der Waals surface area (Å²) in [5.41, 5.74) is 0.0232. The monoisotopic (exact) mass is 236 g/mol. The molecule has 0 aliphatic carbocycles. The summed E-state index contributed by atoms with van der Waals surface area (Å²) in [7, 11) is 1.16. The molecule has 2 heterocycles. The van der Waals surface area contributed by atoms with Crippen molar-refractivity contribution in [2.24, 2.45) is 0 Å². The zero-order chi connectivity index (χ0) is 12.6. The van der Waals surface area contributed by atoms with Crippen molar-refractivity contribution < 1.29 is 24.5 Å². The Morgan fingerprint density at radius 1 is 1.47 bits per heavy atom. The first kappa shape index (κ1) is 10.9. The van der Waals surface area contributed by atoms with E-state index in [0.29, 0.717) is 0 Å². The smallest absolute Gasteiger partial charge is 0.372 e. The Balaban J connectivity index is 2.80. The van der Waals surface area contributed by atoms with Crippen LogP contribution in [0.4, 0.5) is 0 Å². The number of aromatic hydroxyl groups is 1. The number of carboxylic acid groups (broad SMARTS) is 1. The molecule has 88 valence electrons. The van der Waals surface area contributed by atoms with E-state index in [1.807, 2.05) is 0 Å². The van der Waals surface area contributed by atoms with Gasteiger partial charge in [0, 0.05) is 12.3 Å². The number of carbonyl (C=O) groups is 2. The lowest BCUT2D eigenvalue weighted by atomic mass is 10.3. The third-order valence-corrected chi connectivity index (χ3v) is 2.20. The molecule has 0 radical (unpaired) electrons. The van der Waals surface area contributed by atoms with E-state index in [9.17, 15) is 14.7 Å². The van der Waals surface area contributed by atoms with Gasteiger partial charge in [0.15, 0.2) is 5.69 Å². The average Bonchev–Trinajstić information content (AvgIpc) is 2.66. The van der Waals surface area contributed by atoms with Gasteiger partial charge < -0.3 is 14.9 Å². The third kappa shape index (κ3) is 1.67. The molecule has 0 aliphatic rings. The van der Waals surface area contributed by atoms with Crippen molar-refractivity contribution in [1.82, 2.24) is 9.38 Å². The van der Waals surface area contributed by atoms with E-state index in [1.165, 1.54) is 22.7 Å². The van der Waals surface area contributed by atoms with Crippen LogP contribution in [-0.2, 0) is 4.74 Å². The quantitative estimate of drug-likeness (QED) is 0.737. The van der Waals surface area contributed by atoms with Crippen molar-refractivity contribution >= 4 is 17.5 Å². The Morgan fingerprint density at radius 3 is 2.76 bits per heavy atom. The molecule has 2 aromatic rings. The normalized spacial score (nSPS) is 10.4. The van der Waals surface area contributed by atoms with Gasteiger partial charge >= 0.3 is 11.9 Å². The molecule has 7 heteroatoms. The zero-order valence-electron chi connectivity index (χ0n) is 8.75. The molecule has 0 aromatic carbocycles. The maximum atomic E-state index is 11.4. The van der Waals surface area contributed by atoms with E-state index in [-0.39, 0.29) is 22.8 Å². The van der Waals surface area contributed by atoms with Crippen LogP contribution in [0.2, 0.25) is 0 Å². The van der Waals surface area contributed by atoms with Gasteiger partial charge in [-0.05, 0) is 6.07 Å². The van der Waals surface area contributed by atoms with Crippen molar-refractivity contribution in [3.63, 3.8) is 0 Å². The van der Waals surface area contributed by atoms with Crippen molar-refractivity contribution in [3.8, 4) is 5.75 Å². The highest BCUT2D eigenvalue weighted by molar-refractivity contribution is 5.98. The molecule has 0 saturated carbocycles. The minimum atomic E-state index is -1.28. The average molecular weight is 236 g/mol. The second-order valence-electron chi connectivity index (χ2n) is 3.22. The van der Waals surface area contributed by atoms with Crippen LogP contribution in [0.25, 0.3) is 5.52 Å². The fraction of sp³-hybridized carbons (Fsp3) is 0.100. The summed E-state index contributed by atoms with van der Waals surface area (Å²) in [6.45, 7) is 0. The van der Waals surface area contributed by atoms with E-state index >= 15 is 0 Å². The molecule has 0 unspecified atom stereocenters. The van der Waals surface area contributed by atoms with E-state index in [0.717, 1.165) is 7.11 Å². The molecule has 7 nitrogen and oxygen atoms in total. The van der Waals surface area contributed by atoms with Gasteiger partial charge in [-0.1, -0.05) is 0 Å². The molecule has 2 N–H and O–H groups in total. The number of methoxy groups -OCH3 is 1. The number of esters is 1. The van der Waals surface area contributed by atoms with Crippen LogP contribution < -0.4 is 0 Å². The molecule has 2 rings (SSSR count). The molecule has 0 amide bonds. The number of aromatic nitrogens is 2. The molecule has 0 spiro atoms. The van der Waals surface area contributed by atoms with Gasteiger partial charge in [0.1, 0.15) is 5.75 Å². The molecular weight excluding hydrogens is 228 g/mol. The summed E-state index contributed by atoms with van der Waals surface area (Å²) in [5.74, 6) is -2.46. The number of ether oxygens (including phenoxy) is 1. The van der Waals surface area contributed by atoms with Gasteiger partial charge in [-0.25, -0.2) is 14.6 Å². The number of fused-ring (bicyclic) bond motifs is 1.